The molecule has 1 N–H and O–H groups in total. The molecule has 5 nitrogen and oxygen atoms in total. The van der Waals surface area contributed by atoms with Crippen LogP contribution < -0.4 is 10.9 Å². The number of halogens is 2. The third-order valence-electron chi connectivity index (χ3n) is 6.84. The van der Waals surface area contributed by atoms with Gasteiger partial charge in [-0.3, -0.25) is 9.48 Å². The Labute approximate surface area is 177 Å². The molecule has 1 aliphatic heterocycles. The van der Waals surface area contributed by atoms with E-state index in [4.69, 9.17) is 0 Å². The zero-order valence-corrected chi connectivity index (χ0v) is 17.2. The molecule has 1 saturated heterocycles. The van der Waals surface area contributed by atoms with Crippen LogP contribution in [0.25, 0.3) is 32.8 Å². The van der Waals surface area contributed by atoms with E-state index in [1.54, 1.807) is 46.9 Å². The van der Waals surface area contributed by atoms with E-state index in [1.165, 1.54) is 12.1 Å². The molecule has 2 aliphatic rings. The van der Waals surface area contributed by atoms with Crippen molar-refractivity contribution in [1.82, 2.24) is 19.7 Å². The molecule has 2 fully saturated rings. The maximum atomic E-state index is 15.2. The summed E-state index contributed by atoms with van der Waals surface area (Å²) in [5.74, 6) is -1.03. The molecule has 4 aromatic rings. The van der Waals surface area contributed by atoms with Gasteiger partial charge in [-0.25, -0.2) is 8.78 Å². The van der Waals surface area contributed by atoms with Gasteiger partial charge in [0.25, 0.3) is 5.56 Å². The van der Waals surface area contributed by atoms with Crippen LogP contribution in [0.4, 0.5) is 8.78 Å². The maximum absolute atomic E-state index is 15.2. The van der Waals surface area contributed by atoms with Crippen molar-refractivity contribution in [3.63, 3.8) is 0 Å². The number of aromatic nitrogens is 3. The highest BCUT2D eigenvalue weighted by Gasteiger charge is 2.46. The monoisotopic (exact) mass is 420 g/mol. The van der Waals surface area contributed by atoms with Crippen LogP contribution >= 0.6 is 0 Å². The standard InChI is InChI=1S/C24H22F2N4O/c1-29-13-17-9-16(11-20(26)22(17)28-29)15-8-14-3-7-30(23(31)21(14)19(25)10-15)18-2-6-27-24(12-18)4-5-24/h3,7-11,13,18,27H,2,4-6,12H2,1H3. The van der Waals surface area contributed by atoms with Crippen molar-refractivity contribution in [1.29, 1.82) is 0 Å². The van der Waals surface area contributed by atoms with Gasteiger partial charge >= 0.3 is 0 Å². The predicted octanol–water partition coefficient (Wildman–Crippen LogP) is 4.29. The van der Waals surface area contributed by atoms with Crippen molar-refractivity contribution < 1.29 is 8.78 Å². The topological polar surface area (TPSA) is 51.9 Å². The van der Waals surface area contributed by atoms with Gasteiger partial charge in [0.1, 0.15) is 11.3 Å². The molecule has 1 unspecified atom stereocenters. The van der Waals surface area contributed by atoms with E-state index in [0.29, 0.717) is 21.9 Å². The molecule has 0 radical (unpaired) electrons. The number of aryl methyl sites for hydroxylation is 1. The highest BCUT2D eigenvalue weighted by molar-refractivity contribution is 5.90. The van der Waals surface area contributed by atoms with E-state index in [0.717, 1.165) is 32.2 Å². The number of rotatable bonds is 2. The lowest BCUT2D eigenvalue weighted by Gasteiger charge is -2.31. The number of fused-ring (bicyclic) bond motifs is 2. The smallest absolute Gasteiger partial charge is 0.261 e. The van der Waals surface area contributed by atoms with Gasteiger partial charge in [-0.05, 0) is 79.1 Å². The van der Waals surface area contributed by atoms with Gasteiger partial charge in [-0.15, -0.1) is 0 Å². The van der Waals surface area contributed by atoms with Crippen molar-refractivity contribution in [2.24, 2.45) is 7.05 Å². The first kappa shape index (κ1) is 18.7. The van der Waals surface area contributed by atoms with Gasteiger partial charge in [0.15, 0.2) is 5.82 Å². The first-order chi connectivity index (χ1) is 14.9. The van der Waals surface area contributed by atoms with Crippen molar-refractivity contribution >= 4 is 21.7 Å². The SMILES string of the molecule is Cn1cc2cc(-c3cc(F)c4c(=O)n(C5CCNC6(CC6)C5)ccc4c3)cc(F)c2n1. The third-order valence-corrected chi connectivity index (χ3v) is 6.84. The van der Waals surface area contributed by atoms with Crippen LogP contribution in [-0.4, -0.2) is 26.4 Å². The second-order valence-electron chi connectivity index (χ2n) is 9.00. The Morgan fingerprint density at radius 3 is 2.61 bits per heavy atom. The third kappa shape index (κ3) is 2.98. The number of hydrogen-bond acceptors (Lipinski definition) is 3. The van der Waals surface area contributed by atoms with Crippen LogP contribution in [-0.2, 0) is 7.05 Å². The second kappa shape index (κ2) is 6.47. The van der Waals surface area contributed by atoms with E-state index in [-0.39, 0.29) is 28.0 Å². The first-order valence-corrected chi connectivity index (χ1v) is 10.7. The summed E-state index contributed by atoms with van der Waals surface area (Å²) < 4.78 is 33.0. The van der Waals surface area contributed by atoms with Gasteiger partial charge in [0.2, 0.25) is 0 Å². The lowest BCUT2D eigenvalue weighted by molar-refractivity contribution is 0.282. The van der Waals surface area contributed by atoms with Gasteiger partial charge < -0.3 is 9.88 Å². The fourth-order valence-electron chi connectivity index (χ4n) is 5.07. The molecule has 3 heterocycles. The minimum Gasteiger partial charge on any atom is -0.312 e. The Balaban J connectivity index is 1.45. The molecule has 1 atom stereocenters. The molecule has 0 amide bonds. The normalized spacial score (nSPS) is 20.0. The van der Waals surface area contributed by atoms with Crippen LogP contribution in [0.3, 0.4) is 0 Å². The van der Waals surface area contributed by atoms with Crippen LogP contribution in [0.5, 0.6) is 0 Å². The van der Waals surface area contributed by atoms with Crippen LogP contribution in [0, 0.1) is 11.6 Å². The lowest BCUT2D eigenvalue weighted by atomic mass is 9.96. The molecule has 31 heavy (non-hydrogen) atoms. The lowest BCUT2D eigenvalue weighted by Crippen LogP contribution is -2.42. The van der Waals surface area contributed by atoms with Crippen molar-refractivity contribution in [3.05, 3.63) is 64.7 Å². The summed E-state index contributed by atoms with van der Waals surface area (Å²) in [6.07, 6.45) is 7.55. The Morgan fingerprint density at radius 2 is 1.84 bits per heavy atom. The summed E-state index contributed by atoms with van der Waals surface area (Å²) in [4.78, 5) is 13.2. The van der Waals surface area contributed by atoms with Gasteiger partial charge in [-0.1, -0.05) is 0 Å². The molecule has 2 aromatic heterocycles. The van der Waals surface area contributed by atoms with Crippen LogP contribution in [0.1, 0.15) is 31.7 Å². The van der Waals surface area contributed by atoms with Gasteiger partial charge in [0, 0.05) is 36.4 Å². The summed E-state index contributed by atoms with van der Waals surface area (Å²) in [6.45, 7) is 0.874. The van der Waals surface area contributed by atoms with E-state index < -0.39 is 11.6 Å². The fraction of sp³-hybridized carbons (Fsp3) is 0.333. The molecule has 6 rings (SSSR count). The molecule has 0 bridgehead atoms. The molecule has 1 saturated carbocycles. The largest absolute Gasteiger partial charge is 0.312 e. The Bertz CT molecular complexity index is 1420. The molecule has 1 aliphatic carbocycles. The van der Waals surface area contributed by atoms with Crippen molar-refractivity contribution in [3.8, 4) is 11.1 Å². The molecule has 158 valence electrons. The fourth-order valence-corrected chi connectivity index (χ4v) is 5.07. The van der Waals surface area contributed by atoms with Crippen molar-refractivity contribution in [2.45, 2.75) is 37.3 Å². The molecular formula is C24H22F2N4O. The minimum atomic E-state index is -0.575. The van der Waals surface area contributed by atoms with Crippen LogP contribution in [0.2, 0.25) is 0 Å². The number of nitrogens with one attached hydrogen (secondary N) is 1. The van der Waals surface area contributed by atoms with E-state index in [1.807, 2.05) is 0 Å². The second-order valence-corrected chi connectivity index (χ2v) is 9.00. The van der Waals surface area contributed by atoms with Gasteiger partial charge in [-0.2, -0.15) is 5.10 Å². The zero-order chi connectivity index (χ0) is 21.3. The molecule has 2 aromatic carbocycles. The highest BCUT2D eigenvalue weighted by Crippen LogP contribution is 2.45. The van der Waals surface area contributed by atoms with E-state index in [9.17, 15) is 9.18 Å². The number of hydrogen-bond donors (Lipinski definition) is 1. The van der Waals surface area contributed by atoms with E-state index in [2.05, 4.69) is 10.4 Å². The van der Waals surface area contributed by atoms with Crippen molar-refractivity contribution in [2.75, 3.05) is 6.54 Å². The summed E-state index contributed by atoms with van der Waals surface area (Å²) in [7, 11) is 1.73. The molecular weight excluding hydrogens is 398 g/mol. The number of benzene rings is 2. The Kier molecular flexibility index (Phi) is 3.90. The van der Waals surface area contributed by atoms with E-state index >= 15 is 4.39 Å². The zero-order valence-electron chi connectivity index (χ0n) is 17.2. The summed E-state index contributed by atoms with van der Waals surface area (Å²) in [5, 5.41) is 8.94. The quantitative estimate of drug-likeness (QED) is 0.526. The summed E-state index contributed by atoms with van der Waals surface area (Å²) in [5.41, 5.74) is 1.25. The van der Waals surface area contributed by atoms with Gasteiger partial charge in [0.05, 0.1) is 5.39 Å². The summed E-state index contributed by atoms with van der Waals surface area (Å²) >= 11 is 0. The number of nitrogens with zero attached hydrogens (tertiary/aromatic N) is 3. The highest BCUT2D eigenvalue weighted by atomic mass is 19.1. The maximum Gasteiger partial charge on any atom is 0.261 e. The minimum absolute atomic E-state index is 0.0850. The number of piperidine rings is 1. The average Bonchev–Trinajstić information content (AvgIpc) is 3.35. The molecule has 1 spiro atoms. The average molecular weight is 420 g/mol. The number of pyridine rings is 1. The molecule has 7 heteroatoms. The Morgan fingerprint density at radius 1 is 1.10 bits per heavy atom. The van der Waals surface area contributed by atoms with Crippen LogP contribution in [0.15, 0.2) is 47.5 Å². The first-order valence-electron chi connectivity index (χ1n) is 10.7. The predicted molar refractivity (Wildman–Crippen MR) is 116 cm³/mol. The Hall–Kier alpha value is -3.06. The summed E-state index contributed by atoms with van der Waals surface area (Å²) in [6, 6.07) is 8.12.